The number of benzene rings is 2. The molecular weight excluding hydrogens is 506 g/mol. The Morgan fingerprint density at radius 3 is 2.34 bits per heavy atom. The van der Waals surface area contributed by atoms with Gasteiger partial charge in [0.1, 0.15) is 0 Å². The number of aromatic nitrogens is 2. The predicted octanol–water partition coefficient (Wildman–Crippen LogP) is 3.27. The zero-order chi connectivity index (χ0) is 25.3. The highest BCUT2D eigenvalue weighted by atomic mass is 32.2. The Morgan fingerprint density at radius 1 is 1.00 bits per heavy atom. The van der Waals surface area contributed by atoms with Crippen molar-refractivity contribution in [3.63, 3.8) is 0 Å². The summed E-state index contributed by atoms with van der Waals surface area (Å²) < 4.78 is 27.1. The first-order chi connectivity index (χ1) is 16.8. The van der Waals surface area contributed by atoms with E-state index in [4.69, 9.17) is 0 Å². The second-order valence-corrected chi connectivity index (χ2v) is 11.5. The third-order valence-electron chi connectivity index (χ3n) is 4.99. The van der Waals surface area contributed by atoms with Crippen LogP contribution in [0.25, 0.3) is 0 Å². The van der Waals surface area contributed by atoms with Gasteiger partial charge in [-0.15, -0.1) is 10.2 Å². The molecule has 0 saturated carbocycles. The SMILES string of the molecule is CCN(CC)S(=O)(=O)c1ccc(C(=O)Nc2nnc(SCC(=O)NCCc3ccccc3)s2)cc1. The molecule has 12 heteroatoms. The Labute approximate surface area is 213 Å². The van der Waals surface area contributed by atoms with Gasteiger partial charge in [0.05, 0.1) is 10.6 Å². The summed E-state index contributed by atoms with van der Waals surface area (Å²) in [5.41, 5.74) is 1.45. The van der Waals surface area contributed by atoms with Gasteiger partial charge >= 0.3 is 0 Å². The van der Waals surface area contributed by atoms with Crippen LogP contribution in [-0.4, -0.2) is 60.1 Å². The van der Waals surface area contributed by atoms with Crippen molar-refractivity contribution < 1.29 is 18.0 Å². The van der Waals surface area contributed by atoms with E-state index in [1.165, 1.54) is 40.3 Å². The van der Waals surface area contributed by atoms with Crippen LogP contribution < -0.4 is 10.6 Å². The number of nitrogens with one attached hydrogen (secondary N) is 2. The molecule has 35 heavy (non-hydrogen) atoms. The minimum absolute atomic E-state index is 0.105. The zero-order valence-corrected chi connectivity index (χ0v) is 21.9. The maximum Gasteiger partial charge on any atom is 0.257 e. The number of rotatable bonds is 12. The third-order valence-corrected chi connectivity index (χ3v) is 9.03. The molecule has 186 valence electrons. The Hall–Kier alpha value is -2.80. The zero-order valence-electron chi connectivity index (χ0n) is 19.4. The maximum absolute atomic E-state index is 12.6. The van der Waals surface area contributed by atoms with Crippen molar-refractivity contribution in [3.8, 4) is 0 Å². The molecule has 0 aliphatic heterocycles. The molecule has 0 aliphatic carbocycles. The fourth-order valence-electron chi connectivity index (χ4n) is 3.15. The topological polar surface area (TPSA) is 121 Å². The first-order valence-corrected chi connectivity index (χ1v) is 14.3. The Bertz CT molecular complexity index is 1230. The number of hydrogen-bond acceptors (Lipinski definition) is 8. The van der Waals surface area contributed by atoms with E-state index in [-0.39, 0.29) is 16.6 Å². The molecule has 1 aromatic heterocycles. The number of sulfonamides is 1. The van der Waals surface area contributed by atoms with E-state index in [1.54, 1.807) is 13.8 Å². The smallest absolute Gasteiger partial charge is 0.257 e. The average molecular weight is 534 g/mol. The molecule has 0 fully saturated rings. The molecule has 0 radical (unpaired) electrons. The number of amides is 2. The maximum atomic E-state index is 12.6. The number of hydrogen-bond donors (Lipinski definition) is 2. The fourth-order valence-corrected chi connectivity index (χ4v) is 6.18. The normalized spacial score (nSPS) is 11.4. The molecule has 3 aromatic rings. The van der Waals surface area contributed by atoms with E-state index >= 15 is 0 Å². The first-order valence-electron chi connectivity index (χ1n) is 11.0. The Balaban J connectivity index is 1.47. The van der Waals surface area contributed by atoms with Gasteiger partial charge in [0.2, 0.25) is 21.1 Å². The highest BCUT2D eigenvalue weighted by Crippen LogP contribution is 2.26. The van der Waals surface area contributed by atoms with Gasteiger partial charge in [-0.25, -0.2) is 8.42 Å². The molecule has 2 amide bonds. The highest BCUT2D eigenvalue weighted by molar-refractivity contribution is 8.01. The van der Waals surface area contributed by atoms with Crippen LogP contribution in [0.2, 0.25) is 0 Å². The summed E-state index contributed by atoms with van der Waals surface area (Å²) in [6.07, 6.45) is 0.759. The van der Waals surface area contributed by atoms with E-state index in [0.29, 0.717) is 34.7 Å². The summed E-state index contributed by atoms with van der Waals surface area (Å²) in [6, 6.07) is 15.7. The molecule has 0 bridgehead atoms. The molecule has 3 rings (SSSR count). The fraction of sp³-hybridized carbons (Fsp3) is 0.304. The standard InChI is InChI=1S/C23H27N5O4S3/c1-3-28(4-2)35(31,32)19-12-10-18(11-13-19)21(30)25-22-26-27-23(34-22)33-16-20(29)24-15-14-17-8-6-5-7-9-17/h5-13H,3-4,14-16H2,1-2H3,(H,24,29)(H,25,26,30). The van der Waals surface area contributed by atoms with Crippen LogP contribution in [0.1, 0.15) is 29.8 Å². The van der Waals surface area contributed by atoms with E-state index in [2.05, 4.69) is 20.8 Å². The quantitative estimate of drug-likeness (QED) is 0.271. The van der Waals surface area contributed by atoms with Crippen LogP contribution in [0.4, 0.5) is 5.13 Å². The number of nitrogens with zero attached hydrogens (tertiary/aromatic N) is 3. The van der Waals surface area contributed by atoms with Crippen molar-refractivity contribution in [2.45, 2.75) is 29.5 Å². The largest absolute Gasteiger partial charge is 0.355 e. The predicted molar refractivity (Wildman–Crippen MR) is 138 cm³/mol. The molecule has 2 aromatic carbocycles. The van der Waals surface area contributed by atoms with Crippen molar-refractivity contribution in [2.24, 2.45) is 0 Å². The molecule has 0 unspecified atom stereocenters. The monoisotopic (exact) mass is 533 g/mol. The molecule has 0 atom stereocenters. The summed E-state index contributed by atoms with van der Waals surface area (Å²) in [5.74, 6) is -0.338. The summed E-state index contributed by atoms with van der Waals surface area (Å²) >= 11 is 2.40. The van der Waals surface area contributed by atoms with Gasteiger partial charge < -0.3 is 5.32 Å². The van der Waals surface area contributed by atoms with Gasteiger partial charge in [-0.05, 0) is 36.2 Å². The minimum atomic E-state index is -3.59. The van der Waals surface area contributed by atoms with Gasteiger partial charge in [-0.3, -0.25) is 14.9 Å². The van der Waals surface area contributed by atoms with Crippen molar-refractivity contribution in [1.82, 2.24) is 19.8 Å². The number of anilines is 1. The van der Waals surface area contributed by atoms with Crippen LogP contribution >= 0.6 is 23.1 Å². The van der Waals surface area contributed by atoms with Gasteiger partial charge in [0.25, 0.3) is 5.91 Å². The van der Waals surface area contributed by atoms with Gasteiger partial charge in [0, 0.05) is 25.2 Å². The van der Waals surface area contributed by atoms with Gasteiger partial charge in [-0.2, -0.15) is 4.31 Å². The number of thioether (sulfide) groups is 1. The summed E-state index contributed by atoms with van der Waals surface area (Å²) in [6.45, 7) is 4.84. The highest BCUT2D eigenvalue weighted by Gasteiger charge is 2.22. The lowest BCUT2D eigenvalue weighted by Crippen LogP contribution is -2.30. The number of carbonyl (C=O) groups excluding carboxylic acids is 2. The van der Waals surface area contributed by atoms with E-state index in [9.17, 15) is 18.0 Å². The Kier molecular flexibility index (Phi) is 9.78. The lowest BCUT2D eigenvalue weighted by molar-refractivity contribution is -0.118. The molecule has 1 heterocycles. The lowest BCUT2D eigenvalue weighted by atomic mass is 10.1. The third kappa shape index (κ3) is 7.59. The Morgan fingerprint density at radius 2 is 1.69 bits per heavy atom. The molecule has 0 spiro atoms. The second-order valence-electron chi connectivity index (χ2n) is 7.32. The van der Waals surface area contributed by atoms with Crippen LogP contribution in [0.5, 0.6) is 0 Å². The molecule has 9 nitrogen and oxygen atoms in total. The van der Waals surface area contributed by atoms with Crippen LogP contribution in [0.15, 0.2) is 63.8 Å². The van der Waals surface area contributed by atoms with Gasteiger partial charge in [0.15, 0.2) is 4.34 Å². The molecule has 0 aliphatic rings. The second kappa shape index (κ2) is 12.8. The van der Waals surface area contributed by atoms with E-state index < -0.39 is 15.9 Å². The summed E-state index contributed by atoms with van der Waals surface area (Å²) in [7, 11) is -3.59. The van der Waals surface area contributed by atoms with Crippen molar-refractivity contribution in [1.29, 1.82) is 0 Å². The van der Waals surface area contributed by atoms with Crippen molar-refractivity contribution >= 4 is 50.1 Å². The van der Waals surface area contributed by atoms with E-state index in [1.807, 2.05) is 30.3 Å². The van der Waals surface area contributed by atoms with Crippen LogP contribution in [0, 0.1) is 0 Å². The van der Waals surface area contributed by atoms with Crippen molar-refractivity contribution in [3.05, 3.63) is 65.7 Å². The summed E-state index contributed by atoms with van der Waals surface area (Å²) in [4.78, 5) is 24.7. The first kappa shape index (κ1) is 26.8. The summed E-state index contributed by atoms with van der Waals surface area (Å²) in [5, 5.41) is 13.8. The lowest BCUT2D eigenvalue weighted by Gasteiger charge is -2.18. The number of carbonyl (C=O) groups is 2. The average Bonchev–Trinajstić information content (AvgIpc) is 3.31. The van der Waals surface area contributed by atoms with Crippen molar-refractivity contribution in [2.75, 3.05) is 30.7 Å². The molecule has 2 N–H and O–H groups in total. The van der Waals surface area contributed by atoms with Crippen LogP contribution in [-0.2, 0) is 21.2 Å². The molecular formula is C23H27N5O4S3. The van der Waals surface area contributed by atoms with Crippen LogP contribution in [0.3, 0.4) is 0 Å². The van der Waals surface area contributed by atoms with Gasteiger partial charge in [-0.1, -0.05) is 67.3 Å². The minimum Gasteiger partial charge on any atom is -0.355 e. The molecule has 0 saturated heterocycles. The van der Waals surface area contributed by atoms with E-state index in [0.717, 1.165) is 23.3 Å².